The van der Waals surface area contributed by atoms with Gasteiger partial charge in [0.15, 0.2) is 5.69 Å². The maximum atomic E-state index is 13.4. The van der Waals surface area contributed by atoms with Crippen molar-refractivity contribution < 1.29 is 17.7 Å². The largest absolute Gasteiger partial charge is 0.434 e. The Morgan fingerprint density at radius 3 is 2.37 bits per heavy atom. The van der Waals surface area contributed by atoms with Crippen molar-refractivity contribution in [3.8, 4) is 22.8 Å². The molecule has 0 aliphatic heterocycles. The minimum absolute atomic E-state index is 0.152. The summed E-state index contributed by atoms with van der Waals surface area (Å²) < 4.78 is 43.9. The maximum Gasteiger partial charge on any atom is 0.434 e. The van der Waals surface area contributed by atoms with E-state index >= 15 is 0 Å². The van der Waals surface area contributed by atoms with Crippen LogP contribution in [0, 0.1) is 0 Å². The number of imidazole rings is 1. The molecule has 0 spiro atoms. The Kier molecular flexibility index (Phi) is 8.18. The van der Waals surface area contributed by atoms with Crippen LogP contribution >= 0.6 is 0 Å². The monoisotopic (exact) mass is 563 g/mol. The molecule has 2 heterocycles. The van der Waals surface area contributed by atoms with Gasteiger partial charge in [-0.25, -0.2) is 9.55 Å². The van der Waals surface area contributed by atoms with Crippen LogP contribution in [0.1, 0.15) is 74.2 Å². The number of hydrogen-bond donors (Lipinski definition) is 2. The van der Waals surface area contributed by atoms with Crippen molar-refractivity contribution in [1.29, 1.82) is 0 Å². The highest BCUT2D eigenvalue weighted by molar-refractivity contribution is 5.61. The first kappa shape index (κ1) is 28.8. The molecule has 2 N–H and O–H groups in total. The quantitative estimate of drug-likeness (QED) is 0.218. The van der Waals surface area contributed by atoms with Gasteiger partial charge in [0.05, 0.1) is 17.7 Å². The van der Waals surface area contributed by atoms with Gasteiger partial charge in [-0.15, -0.1) is 4.98 Å². The third-order valence-corrected chi connectivity index (χ3v) is 7.63. The molecule has 1 aliphatic carbocycles. The Labute approximate surface area is 239 Å². The van der Waals surface area contributed by atoms with E-state index in [2.05, 4.69) is 58.3 Å². The molecular weight excluding hydrogens is 525 g/mol. The number of hydrogen-bond acceptors (Lipinski definition) is 4. The average Bonchev–Trinajstić information content (AvgIpc) is 3.60. The highest BCUT2D eigenvalue weighted by atomic mass is 19.4. The predicted molar refractivity (Wildman–Crippen MR) is 155 cm³/mol. The molecule has 0 saturated carbocycles. The van der Waals surface area contributed by atoms with Gasteiger partial charge in [-0.05, 0) is 56.8 Å². The lowest BCUT2D eigenvalue weighted by Gasteiger charge is -2.18. The average molecular weight is 564 g/mol. The van der Waals surface area contributed by atoms with Gasteiger partial charge in [-0.2, -0.15) is 13.2 Å². The van der Waals surface area contributed by atoms with E-state index in [-0.39, 0.29) is 6.04 Å². The molecule has 0 bridgehead atoms. The Balaban J connectivity index is 1.48. The fourth-order valence-corrected chi connectivity index (χ4v) is 5.58. The third kappa shape index (κ3) is 5.86. The Bertz CT molecular complexity index is 1520. The van der Waals surface area contributed by atoms with Gasteiger partial charge in [0.25, 0.3) is 5.82 Å². The van der Waals surface area contributed by atoms with Gasteiger partial charge in [0, 0.05) is 24.2 Å². The molecule has 1 aliphatic rings. The number of nitrogens with one attached hydrogen (secondary N) is 2. The highest BCUT2D eigenvalue weighted by Crippen LogP contribution is 2.34. The van der Waals surface area contributed by atoms with E-state index in [0.29, 0.717) is 30.5 Å². The van der Waals surface area contributed by atoms with Crippen molar-refractivity contribution in [3.63, 3.8) is 0 Å². The first-order valence-electron chi connectivity index (χ1n) is 14.3. The lowest BCUT2D eigenvalue weighted by molar-refractivity contribution is -0.679. The van der Waals surface area contributed by atoms with Crippen molar-refractivity contribution in [2.45, 2.75) is 78.3 Å². The minimum Gasteiger partial charge on any atom is -0.328 e. The molecule has 2 aromatic carbocycles. The molecule has 0 atom stereocenters. The van der Waals surface area contributed by atoms with Gasteiger partial charge in [-0.3, -0.25) is 5.32 Å². The number of anilines is 1. The molecule has 0 saturated heterocycles. The highest BCUT2D eigenvalue weighted by Gasteiger charge is 2.35. The van der Waals surface area contributed by atoms with Crippen molar-refractivity contribution in [1.82, 2.24) is 19.9 Å². The van der Waals surface area contributed by atoms with Crippen LogP contribution in [0.2, 0.25) is 0 Å². The van der Waals surface area contributed by atoms with E-state index < -0.39 is 11.9 Å². The lowest BCUT2D eigenvalue weighted by atomic mass is 9.96. The van der Waals surface area contributed by atoms with Crippen LogP contribution in [0.15, 0.2) is 54.7 Å². The van der Waals surface area contributed by atoms with Gasteiger partial charge in [0.2, 0.25) is 5.82 Å². The number of alkyl halides is 3. The zero-order valence-corrected chi connectivity index (χ0v) is 24.3. The van der Waals surface area contributed by atoms with E-state index in [1.165, 1.54) is 11.1 Å². The maximum absolute atomic E-state index is 13.4. The second-order valence-electron chi connectivity index (χ2n) is 11.2. The van der Waals surface area contributed by atoms with Gasteiger partial charge in [-0.1, -0.05) is 56.3 Å². The van der Waals surface area contributed by atoms with Crippen molar-refractivity contribution in [2.24, 2.45) is 0 Å². The normalized spacial score (nSPS) is 13.3. The summed E-state index contributed by atoms with van der Waals surface area (Å²) in [5.74, 6) is 2.68. The topological polar surface area (TPSA) is 58.6 Å². The molecule has 6 nitrogen and oxygen atoms in total. The first-order valence-corrected chi connectivity index (χ1v) is 14.3. The molecule has 0 amide bonds. The standard InChI is InChI=1S/C32H37F3N6/c1-20(2)24-9-6-7-10-25(24)31-38-27-12-8-11-26(27)30(41(31)19-36-5)37-17-22-13-15-23(16-14-22)29-39-28(32(33,34)35)18-40(29)21(3)4/h6-7,9-10,13-16,18,20-21,36H,8,11-12,17,19H2,1-5H3/p+1. The molecule has 4 aromatic rings. The summed E-state index contributed by atoms with van der Waals surface area (Å²) in [6, 6.07) is 15.9. The zero-order valence-electron chi connectivity index (χ0n) is 24.3. The Morgan fingerprint density at radius 2 is 1.71 bits per heavy atom. The fourth-order valence-electron chi connectivity index (χ4n) is 5.58. The molecule has 216 valence electrons. The zero-order chi connectivity index (χ0) is 29.3. The van der Waals surface area contributed by atoms with Gasteiger partial charge < -0.3 is 9.88 Å². The molecular formula is C32H38F3N6+. The number of aromatic nitrogens is 4. The first-order chi connectivity index (χ1) is 19.6. The van der Waals surface area contributed by atoms with Crippen molar-refractivity contribution in [3.05, 3.63) is 82.8 Å². The van der Waals surface area contributed by atoms with Crippen molar-refractivity contribution in [2.75, 3.05) is 12.4 Å². The summed E-state index contributed by atoms with van der Waals surface area (Å²) in [7, 11) is 1.94. The fraction of sp³-hybridized carbons (Fsp3) is 0.406. The summed E-state index contributed by atoms with van der Waals surface area (Å²) in [5.41, 5.74) is 5.60. The number of aryl methyl sites for hydroxylation is 1. The number of benzene rings is 2. The van der Waals surface area contributed by atoms with Crippen LogP contribution in [-0.4, -0.2) is 21.6 Å². The van der Waals surface area contributed by atoms with E-state index in [9.17, 15) is 13.2 Å². The SMILES string of the molecule is CNC[n+]1c(-c2ccccc2C(C)C)nc2c(c1NCc1ccc(-c3nc(C(F)(F)F)cn3C(C)C)cc1)CCC2. The molecule has 41 heavy (non-hydrogen) atoms. The van der Waals surface area contributed by atoms with Crippen LogP contribution in [-0.2, 0) is 32.2 Å². The van der Waals surface area contributed by atoms with E-state index in [4.69, 9.17) is 4.98 Å². The molecule has 9 heteroatoms. The second kappa shape index (κ2) is 11.6. The predicted octanol–water partition coefficient (Wildman–Crippen LogP) is 6.90. The molecule has 0 fully saturated rings. The third-order valence-electron chi connectivity index (χ3n) is 7.63. The van der Waals surface area contributed by atoms with Gasteiger partial charge >= 0.3 is 6.18 Å². The van der Waals surface area contributed by atoms with E-state index in [1.54, 1.807) is 4.57 Å². The molecule has 0 radical (unpaired) electrons. The van der Waals surface area contributed by atoms with E-state index in [1.807, 2.05) is 45.2 Å². The summed E-state index contributed by atoms with van der Waals surface area (Å²) in [5, 5.41) is 7.02. The Hall–Kier alpha value is -3.72. The van der Waals surface area contributed by atoms with Crippen molar-refractivity contribution >= 4 is 5.82 Å². The van der Waals surface area contributed by atoms with Crippen LogP contribution in [0.4, 0.5) is 19.0 Å². The lowest BCUT2D eigenvalue weighted by Crippen LogP contribution is -2.46. The molecule has 2 aromatic heterocycles. The summed E-state index contributed by atoms with van der Waals surface area (Å²) in [4.78, 5) is 9.11. The smallest absolute Gasteiger partial charge is 0.328 e. The molecule has 5 rings (SSSR count). The number of nitrogens with zero attached hydrogens (tertiary/aromatic N) is 4. The second-order valence-corrected chi connectivity index (χ2v) is 11.2. The summed E-state index contributed by atoms with van der Waals surface area (Å²) in [6.45, 7) is 9.28. The number of halogens is 3. The minimum atomic E-state index is -4.49. The van der Waals surface area contributed by atoms with E-state index in [0.717, 1.165) is 53.9 Å². The van der Waals surface area contributed by atoms with Crippen LogP contribution in [0.3, 0.4) is 0 Å². The van der Waals surface area contributed by atoms with Crippen LogP contribution in [0.25, 0.3) is 22.8 Å². The molecule has 0 unspecified atom stereocenters. The Morgan fingerprint density at radius 1 is 0.976 bits per heavy atom. The number of fused-ring (bicyclic) bond motifs is 1. The number of rotatable bonds is 9. The van der Waals surface area contributed by atoms with Gasteiger partial charge in [0.1, 0.15) is 18.2 Å². The summed E-state index contributed by atoms with van der Waals surface area (Å²) >= 11 is 0. The van der Waals surface area contributed by atoms with Crippen LogP contribution < -0.4 is 15.2 Å². The summed E-state index contributed by atoms with van der Waals surface area (Å²) in [6.07, 6.45) is -0.393. The van der Waals surface area contributed by atoms with Crippen LogP contribution in [0.5, 0.6) is 0 Å².